The number of benzene rings is 1. The van der Waals surface area contributed by atoms with Crippen molar-refractivity contribution in [3.63, 3.8) is 0 Å². The van der Waals surface area contributed by atoms with Gasteiger partial charge in [0.1, 0.15) is 5.76 Å². The Morgan fingerprint density at radius 1 is 1.10 bits per heavy atom. The summed E-state index contributed by atoms with van der Waals surface area (Å²) in [4.78, 5) is 2.34. The van der Waals surface area contributed by atoms with E-state index in [1.54, 1.807) is 0 Å². The number of morpholine rings is 1. The molecule has 1 N–H and O–H groups in total. The minimum absolute atomic E-state index is 0.654. The molecule has 1 aromatic heterocycles. The number of anilines is 2. The van der Waals surface area contributed by atoms with Crippen molar-refractivity contribution >= 4 is 43.2 Å². The second-order valence-corrected chi connectivity index (χ2v) is 6.41. The molecule has 0 bridgehead atoms. The van der Waals surface area contributed by atoms with Crippen LogP contribution >= 0.6 is 31.9 Å². The van der Waals surface area contributed by atoms with Gasteiger partial charge in [-0.25, -0.2) is 0 Å². The van der Waals surface area contributed by atoms with Gasteiger partial charge in [-0.1, -0.05) is 0 Å². The predicted molar refractivity (Wildman–Crippen MR) is 90.9 cm³/mol. The van der Waals surface area contributed by atoms with Crippen molar-refractivity contribution in [2.24, 2.45) is 0 Å². The fourth-order valence-corrected chi connectivity index (χ4v) is 2.94. The summed E-state index contributed by atoms with van der Waals surface area (Å²) in [5.74, 6) is 0.881. The Morgan fingerprint density at radius 3 is 2.43 bits per heavy atom. The molecule has 0 atom stereocenters. The number of rotatable bonds is 4. The van der Waals surface area contributed by atoms with Gasteiger partial charge in [-0.15, -0.1) is 0 Å². The molecule has 1 saturated heterocycles. The van der Waals surface area contributed by atoms with Crippen LogP contribution in [0.4, 0.5) is 11.4 Å². The molecule has 0 saturated carbocycles. The Balaban J connectivity index is 1.59. The average molecular weight is 416 g/mol. The maximum Gasteiger partial charge on any atom is 0.183 e. The van der Waals surface area contributed by atoms with Gasteiger partial charge < -0.3 is 19.4 Å². The Labute approximate surface area is 140 Å². The van der Waals surface area contributed by atoms with Gasteiger partial charge >= 0.3 is 0 Å². The van der Waals surface area contributed by atoms with Gasteiger partial charge in [0.25, 0.3) is 0 Å². The smallest absolute Gasteiger partial charge is 0.183 e. The van der Waals surface area contributed by atoms with Crippen LogP contribution in [0.3, 0.4) is 0 Å². The molecule has 1 aromatic carbocycles. The summed E-state index contributed by atoms with van der Waals surface area (Å²) in [6, 6.07) is 10.4. The van der Waals surface area contributed by atoms with Crippen LogP contribution in [0.1, 0.15) is 5.76 Å². The summed E-state index contributed by atoms with van der Waals surface area (Å²) < 4.78 is 12.6. The average Bonchev–Trinajstić information content (AvgIpc) is 2.85. The first-order valence-electron chi connectivity index (χ1n) is 6.83. The van der Waals surface area contributed by atoms with E-state index in [1.165, 1.54) is 5.69 Å². The fraction of sp³-hybridized carbons (Fsp3) is 0.333. The van der Waals surface area contributed by atoms with E-state index in [1.807, 2.05) is 6.07 Å². The number of halogens is 2. The van der Waals surface area contributed by atoms with Crippen molar-refractivity contribution < 1.29 is 9.15 Å². The van der Waals surface area contributed by atoms with Crippen LogP contribution in [0.2, 0.25) is 0 Å². The molecular formula is C15H16Br2N2O2. The Kier molecular flexibility index (Phi) is 4.87. The number of nitrogens with zero attached hydrogens (tertiary/aromatic N) is 1. The predicted octanol–water partition coefficient (Wildman–Crippen LogP) is 4.25. The monoisotopic (exact) mass is 414 g/mol. The number of hydrogen-bond acceptors (Lipinski definition) is 4. The third-order valence-corrected chi connectivity index (χ3v) is 5.12. The standard InChI is InChI=1S/C15H16Br2N2O2/c16-14-9-13(21-15(14)17)10-18-11-1-3-12(4-2-11)19-5-7-20-8-6-19/h1-4,9,18H,5-8,10H2. The molecule has 1 fully saturated rings. The van der Waals surface area contributed by atoms with Crippen LogP contribution < -0.4 is 10.2 Å². The van der Waals surface area contributed by atoms with E-state index in [4.69, 9.17) is 9.15 Å². The zero-order chi connectivity index (χ0) is 14.7. The topological polar surface area (TPSA) is 37.6 Å². The zero-order valence-electron chi connectivity index (χ0n) is 11.4. The molecular weight excluding hydrogens is 400 g/mol. The number of ether oxygens (including phenoxy) is 1. The summed E-state index contributed by atoms with van der Waals surface area (Å²) in [6.45, 7) is 4.19. The molecule has 2 heterocycles. The van der Waals surface area contributed by atoms with Crippen LogP contribution in [0.25, 0.3) is 0 Å². The van der Waals surface area contributed by atoms with Crippen LogP contribution in [-0.2, 0) is 11.3 Å². The Morgan fingerprint density at radius 2 is 1.81 bits per heavy atom. The summed E-state index contributed by atoms with van der Waals surface area (Å²) in [5.41, 5.74) is 2.32. The first-order valence-corrected chi connectivity index (χ1v) is 8.41. The Hall–Kier alpha value is -0.980. The molecule has 0 radical (unpaired) electrons. The lowest BCUT2D eigenvalue weighted by Crippen LogP contribution is -2.36. The summed E-state index contributed by atoms with van der Waals surface area (Å²) in [6.07, 6.45) is 0. The lowest BCUT2D eigenvalue weighted by molar-refractivity contribution is 0.122. The molecule has 6 heteroatoms. The van der Waals surface area contributed by atoms with E-state index in [-0.39, 0.29) is 0 Å². The van der Waals surface area contributed by atoms with Gasteiger partial charge in [0.2, 0.25) is 0 Å². The lowest BCUT2D eigenvalue weighted by atomic mass is 10.2. The molecule has 0 spiro atoms. The van der Waals surface area contributed by atoms with Crippen molar-refractivity contribution in [2.45, 2.75) is 6.54 Å². The van der Waals surface area contributed by atoms with Crippen molar-refractivity contribution in [2.75, 3.05) is 36.5 Å². The van der Waals surface area contributed by atoms with E-state index in [9.17, 15) is 0 Å². The van der Waals surface area contributed by atoms with E-state index < -0.39 is 0 Å². The second-order valence-electron chi connectivity index (χ2n) is 4.83. The maximum absolute atomic E-state index is 5.54. The fourth-order valence-electron chi connectivity index (χ4n) is 2.28. The lowest BCUT2D eigenvalue weighted by Gasteiger charge is -2.28. The second kappa shape index (κ2) is 6.85. The minimum Gasteiger partial charge on any atom is -0.451 e. The normalized spacial score (nSPS) is 15.2. The summed E-state index contributed by atoms with van der Waals surface area (Å²) >= 11 is 6.75. The third-order valence-electron chi connectivity index (χ3n) is 3.41. The van der Waals surface area contributed by atoms with Gasteiger partial charge in [-0.05, 0) is 62.2 Å². The van der Waals surface area contributed by atoms with Crippen LogP contribution in [0.15, 0.2) is 43.9 Å². The van der Waals surface area contributed by atoms with Crippen molar-refractivity contribution in [1.82, 2.24) is 0 Å². The molecule has 4 nitrogen and oxygen atoms in total. The highest BCUT2D eigenvalue weighted by Gasteiger charge is 2.11. The first kappa shape index (κ1) is 14.9. The molecule has 21 heavy (non-hydrogen) atoms. The van der Waals surface area contributed by atoms with Crippen molar-refractivity contribution in [3.8, 4) is 0 Å². The molecule has 1 aliphatic rings. The molecule has 2 aromatic rings. The molecule has 0 unspecified atom stereocenters. The number of hydrogen-bond donors (Lipinski definition) is 1. The van der Waals surface area contributed by atoms with Gasteiger partial charge in [-0.3, -0.25) is 0 Å². The number of nitrogens with one attached hydrogen (secondary N) is 1. The van der Waals surface area contributed by atoms with Gasteiger partial charge in [0.15, 0.2) is 4.67 Å². The minimum atomic E-state index is 0.654. The quantitative estimate of drug-likeness (QED) is 0.809. The zero-order valence-corrected chi connectivity index (χ0v) is 14.6. The van der Waals surface area contributed by atoms with E-state index in [0.717, 1.165) is 46.9 Å². The number of furan rings is 1. The maximum atomic E-state index is 5.54. The SMILES string of the molecule is Brc1cc(CNc2ccc(N3CCOCC3)cc2)oc1Br. The largest absolute Gasteiger partial charge is 0.451 e. The molecule has 0 amide bonds. The first-order chi connectivity index (χ1) is 10.2. The highest BCUT2D eigenvalue weighted by atomic mass is 79.9. The van der Waals surface area contributed by atoms with Crippen molar-refractivity contribution in [1.29, 1.82) is 0 Å². The van der Waals surface area contributed by atoms with Crippen LogP contribution in [0.5, 0.6) is 0 Å². The van der Waals surface area contributed by atoms with E-state index in [0.29, 0.717) is 6.54 Å². The summed E-state index contributed by atoms with van der Waals surface area (Å²) in [7, 11) is 0. The van der Waals surface area contributed by atoms with Crippen LogP contribution in [-0.4, -0.2) is 26.3 Å². The summed E-state index contributed by atoms with van der Waals surface area (Å²) in [5, 5.41) is 3.35. The molecule has 1 aliphatic heterocycles. The van der Waals surface area contributed by atoms with Gasteiger partial charge in [0.05, 0.1) is 24.2 Å². The van der Waals surface area contributed by atoms with Crippen molar-refractivity contribution in [3.05, 3.63) is 45.2 Å². The highest BCUT2D eigenvalue weighted by molar-refractivity contribution is 9.13. The van der Waals surface area contributed by atoms with Gasteiger partial charge in [-0.2, -0.15) is 0 Å². The third kappa shape index (κ3) is 3.81. The van der Waals surface area contributed by atoms with E-state index in [2.05, 4.69) is 66.3 Å². The molecule has 112 valence electrons. The van der Waals surface area contributed by atoms with Crippen LogP contribution in [0, 0.1) is 0 Å². The van der Waals surface area contributed by atoms with Gasteiger partial charge in [0, 0.05) is 24.5 Å². The molecule has 3 rings (SSSR count). The van der Waals surface area contributed by atoms with E-state index >= 15 is 0 Å². The highest BCUT2D eigenvalue weighted by Crippen LogP contribution is 2.27. The molecule has 0 aliphatic carbocycles. The Bertz CT molecular complexity index is 573.